The van der Waals surface area contributed by atoms with Gasteiger partial charge in [-0.3, -0.25) is 9.69 Å². The summed E-state index contributed by atoms with van der Waals surface area (Å²) in [7, 11) is 2.45. The minimum absolute atomic E-state index is 0.0142. The topological polar surface area (TPSA) is 59.0 Å². The average molecular weight is 518 g/mol. The Morgan fingerprint density at radius 1 is 1.00 bits per heavy atom. The number of ether oxygens (including phenoxy) is 2. The predicted molar refractivity (Wildman–Crippen MR) is 144 cm³/mol. The lowest BCUT2D eigenvalue weighted by atomic mass is 9.44. The van der Waals surface area contributed by atoms with Gasteiger partial charge in [0.1, 0.15) is 18.2 Å². The maximum atomic E-state index is 12.1. The highest BCUT2D eigenvalue weighted by atomic mass is 16.5. The van der Waals surface area contributed by atoms with E-state index in [0.717, 1.165) is 55.5 Å². The Morgan fingerprint density at radius 3 is 2.43 bits per heavy atom. The highest BCUT2D eigenvalue weighted by Crippen LogP contribution is 2.67. The molecule has 6 rings (SSSR count). The van der Waals surface area contributed by atoms with Gasteiger partial charge < -0.3 is 19.1 Å². The SMILES string of the molecule is CC(=O)O[C@H]1C[C@@H]2CCC3C4C[C@H]([N+]5(C)CCCCC5)[C@H](O)[C@@]4(C)CCC3[C@@]2(C)C[C@@H]1N1CCOCC1. The summed E-state index contributed by atoms with van der Waals surface area (Å²) >= 11 is 0. The maximum absolute atomic E-state index is 12.1. The number of hydrogen-bond acceptors (Lipinski definition) is 5. The van der Waals surface area contributed by atoms with Gasteiger partial charge in [-0.2, -0.15) is 0 Å². The molecule has 0 aromatic carbocycles. The van der Waals surface area contributed by atoms with Gasteiger partial charge in [-0.05, 0) is 86.9 Å². The zero-order chi connectivity index (χ0) is 26.0. The van der Waals surface area contributed by atoms with Gasteiger partial charge >= 0.3 is 5.97 Å². The van der Waals surface area contributed by atoms with Gasteiger partial charge in [-0.25, -0.2) is 0 Å². The average Bonchev–Trinajstić information content (AvgIpc) is 3.16. The number of fused-ring (bicyclic) bond motifs is 5. The number of rotatable bonds is 3. The number of aliphatic hydroxyl groups is 1. The van der Waals surface area contributed by atoms with Crippen molar-refractivity contribution in [3.05, 3.63) is 0 Å². The monoisotopic (exact) mass is 517 g/mol. The summed E-state index contributed by atoms with van der Waals surface area (Å²) in [6.07, 6.45) is 12.2. The Kier molecular flexibility index (Phi) is 6.99. The van der Waals surface area contributed by atoms with Gasteiger partial charge in [0.05, 0.1) is 33.4 Å². The summed E-state index contributed by atoms with van der Waals surface area (Å²) in [4.78, 5) is 14.7. The highest BCUT2D eigenvalue weighted by molar-refractivity contribution is 5.66. The molecule has 2 aliphatic heterocycles. The zero-order valence-corrected chi connectivity index (χ0v) is 24.0. The van der Waals surface area contributed by atoms with Crippen LogP contribution in [0.1, 0.15) is 85.0 Å². The summed E-state index contributed by atoms with van der Waals surface area (Å²) in [5, 5.41) is 11.9. The lowest BCUT2D eigenvalue weighted by Gasteiger charge is -2.62. The van der Waals surface area contributed by atoms with Crippen LogP contribution in [0.3, 0.4) is 0 Å². The molecule has 0 aromatic heterocycles. The first kappa shape index (κ1) is 26.5. The minimum Gasteiger partial charge on any atom is -0.461 e. The van der Waals surface area contributed by atoms with Crippen molar-refractivity contribution in [2.45, 2.75) is 109 Å². The van der Waals surface area contributed by atoms with Gasteiger partial charge in [-0.15, -0.1) is 0 Å². The second-order valence-electron chi connectivity index (χ2n) is 14.7. The molecule has 6 fully saturated rings. The van der Waals surface area contributed by atoms with Crippen LogP contribution in [-0.4, -0.2) is 91.2 Å². The summed E-state index contributed by atoms with van der Waals surface area (Å²) < 4.78 is 12.8. The number of aliphatic hydroxyl groups excluding tert-OH is 1. The molecule has 4 aliphatic carbocycles. The van der Waals surface area contributed by atoms with E-state index in [9.17, 15) is 9.90 Å². The number of hydrogen-bond donors (Lipinski definition) is 1. The highest BCUT2D eigenvalue weighted by Gasteiger charge is 2.66. The van der Waals surface area contributed by atoms with E-state index in [4.69, 9.17) is 9.47 Å². The number of quaternary nitrogens is 1. The molecule has 210 valence electrons. The number of likely N-dealkylation sites (tertiary alicyclic amines) is 1. The Bertz CT molecular complexity index is 854. The fourth-order valence-electron chi connectivity index (χ4n) is 11.0. The predicted octanol–water partition coefficient (Wildman–Crippen LogP) is 4.24. The van der Waals surface area contributed by atoms with Crippen LogP contribution >= 0.6 is 0 Å². The van der Waals surface area contributed by atoms with E-state index in [-0.39, 0.29) is 29.0 Å². The van der Waals surface area contributed by atoms with Gasteiger partial charge in [0.15, 0.2) is 0 Å². The van der Waals surface area contributed by atoms with Crippen molar-refractivity contribution in [1.82, 2.24) is 4.90 Å². The van der Waals surface area contributed by atoms with Crippen LogP contribution in [0.25, 0.3) is 0 Å². The van der Waals surface area contributed by atoms with Crippen LogP contribution in [-0.2, 0) is 14.3 Å². The molecule has 0 radical (unpaired) electrons. The molecule has 0 amide bonds. The van der Waals surface area contributed by atoms with Crippen molar-refractivity contribution in [2.24, 2.45) is 34.5 Å². The second kappa shape index (κ2) is 9.74. The van der Waals surface area contributed by atoms with Crippen LogP contribution < -0.4 is 0 Å². The normalized spacial score (nSPS) is 50.0. The van der Waals surface area contributed by atoms with Crippen LogP contribution in [0.2, 0.25) is 0 Å². The molecular weight excluding hydrogens is 464 g/mol. The summed E-state index contributed by atoms with van der Waals surface area (Å²) in [5.74, 6) is 2.60. The number of esters is 1. The van der Waals surface area contributed by atoms with Crippen LogP contribution in [0, 0.1) is 34.5 Å². The fourth-order valence-corrected chi connectivity index (χ4v) is 11.0. The number of carbonyl (C=O) groups excluding carboxylic acids is 1. The lowest BCUT2D eigenvalue weighted by Crippen LogP contribution is -2.61. The van der Waals surface area contributed by atoms with Crippen molar-refractivity contribution in [1.29, 1.82) is 0 Å². The molecule has 0 spiro atoms. The minimum atomic E-state index is -0.159. The van der Waals surface area contributed by atoms with E-state index in [1.54, 1.807) is 6.92 Å². The number of piperidine rings is 1. The van der Waals surface area contributed by atoms with Crippen molar-refractivity contribution >= 4 is 5.97 Å². The molecule has 0 bridgehead atoms. The summed E-state index contributed by atoms with van der Waals surface area (Å²) in [6.45, 7) is 12.6. The first-order valence-corrected chi connectivity index (χ1v) is 15.7. The van der Waals surface area contributed by atoms with Gasteiger partial charge in [0.25, 0.3) is 0 Å². The first-order valence-electron chi connectivity index (χ1n) is 15.7. The number of morpholine rings is 1. The molecular formula is C31H53N2O4+. The van der Waals surface area contributed by atoms with Crippen molar-refractivity contribution in [3.8, 4) is 0 Å². The van der Waals surface area contributed by atoms with Gasteiger partial charge in [0, 0.05) is 37.9 Å². The maximum Gasteiger partial charge on any atom is 0.302 e. The van der Waals surface area contributed by atoms with Crippen molar-refractivity contribution < 1.29 is 23.9 Å². The molecule has 2 saturated heterocycles. The molecule has 2 heterocycles. The number of nitrogens with zero attached hydrogens (tertiary/aromatic N) is 2. The molecule has 4 saturated carbocycles. The van der Waals surface area contributed by atoms with Crippen LogP contribution in [0.4, 0.5) is 0 Å². The Hall–Kier alpha value is -0.690. The quantitative estimate of drug-likeness (QED) is 0.448. The Balaban J connectivity index is 1.26. The van der Waals surface area contributed by atoms with E-state index >= 15 is 0 Å². The van der Waals surface area contributed by atoms with Crippen LogP contribution in [0.5, 0.6) is 0 Å². The molecule has 6 nitrogen and oxygen atoms in total. The van der Waals surface area contributed by atoms with E-state index in [2.05, 4.69) is 25.8 Å². The molecule has 10 atom stereocenters. The van der Waals surface area contributed by atoms with E-state index < -0.39 is 0 Å². The third-order valence-corrected chi connectivity index (χ3v) is 13.1. The van der Waals surface area contributed by atoms with Gasteiger partial charge in [0.2, 0.25) is 0 Å². The number of likely N-dealkylation sites (N-methyl/N-ethyl adjacent to an activating group) is 1. The Labute approximate surface area is 225 Å². The Morgan fingerprint density at radius 2 is 1.73 bits per heavy atom. The van der Waals surface area contributed by atoms with Crippen molar-refractivity contribution in [2.75, 3.05) is 46.4 Å². The lowest BCUT2D eigenvalue weighted by molar-refractivity contribution is -0.940. The van der Waals surface area contributed by atoms with E-state index in [0.29, 0.717) is 23.9 Å². The van der Waals surface area contributed by atoms with Crippen molar-refractivity contribution in [3.63, 3.8) is 0 Å². The third kappa shape index (κ3) is 4.31. The zero-order valence-electron chi connectivity index (χ0n) is 24.0. The van der Waals surface area contributed by atoms with E-state index in [1.165, 1.54) is 64.5 Å². The van der Waals surface area contributed by atoms with Crippen LogP contribution in [0.15, 0.2) is 0 Å². The first-order chi connectivity index (χ1) is 17.7. The molecule has 0 aromatic rings. The van der Waals surface area contributed by atoms with Gasteiger partial charge in [-0.1, -0.05) is 13.8 Å². The molecule has 6 heteroatoms. The summed E-state index contributed by atoms with van der Waals surface area (Å²) in [6, 6.07) is 0.723. The molecule has 37 heavy (non-hydrogen) atoms. The van der Waals surface area contributed by atoms with E-state index in [1.807, 2.05) is 0 Å². The fraction of sp³-hybridized carbons (Fsp3) is 0.968. The summed E-state index contributed by atoms with van der Waals surface area (Å²) in [5.41, 5.74) is 0.364. The molecule has 1 N–H and O–H groups in total. The standard InChI is InChI=1S/C31H53N2O4/c1-21(34)37-28-18-22-8-9-23-24(31(22,3)20-26(28)32-12-16-36-17-13-32)10-11-30(2)25(23)19-27(29(30)35)33(4)14-6-5-7-15-33/h22-29,35H,5-20H2,1-4H3/q+1/t22-,23?,24?,25?,26-,27-,28-,29-,30-,31-/m0/s1. The molecule has 3 unspecified atom stereocenters. The second-order valence-corrected chi connectivity index (χ2v) is 14.7. The third-order valence-electron chi connectivity index (χ3n) is 13.1. The number of carbonyl (C=O) groups is 1. The molecule has 6 aliphatic rings. The smallest absolute Gasteiger partial charge is 0.302 e. The largest absolute Gasteiger partial charge is 0.461 e.